The zero-order valence-corrected chi connectivity index (χ0v) is 17.8. The van der Waals surface area contributed by atoms with Gasteiger partial charge in [0.1, 0.15) is 5.02 Å². The molecule has 0 saturated carbocycles. The van der Waals surface area contributed by atoms with E-state index in [1.54, 1.807) is 0 Å². The number of aromatic nitrogens is 2. The van der Waals surface area contributed by atoms with Crippen molar-refractivity contribution in [3.8, 4) is 0 Å². The van der Waals surface area contributed by atoms with Crippen LogP contribution in [0.3, 0.4) is 0 Å². The van der Waals surface area contributed by atoms with E-state index in [2.05, 4.69) is 25.9 Å². The molecule has 0 fully saturated rings. The van der Waals surface area contributed by atoms with Crippen molar-refractivity contribution in [3.63, 3.8) is 0 Å². The fourth-order valence-corrected chi connectivity index (χ4v) is 3.52. The molecule has 3 N–H and O–H groups in total. The minimum Gasteiger partial charge on any atom is -0.367 e. The van der Waals surface area contributed by atoms with Gasteiger partial charge < -0.3 is 16.0 Å². The molecule has 1 aliphatic heterocycles. The number of halogens is 4. The summed E-state index contributed by atoms with van der Waals surface area (Å²) in [4.78, 5) is 20.9. The highest BCUT2D eigenvalue weighted by Gasteiger charge is 2.31. The molecule has 0 saturated heterocycles. The molecule has 0 unspecified atom stereocenters. The Morgan fingerprint density at radius 3 is 2.65 bits per heavy atom. The first-order valence-electron chi connectivity index (χ1n) is 9.88. The Labute approximate surface area is 183 Å². The molecule has 0 atom stereocenters. The third-order valence-corrected chi connectivity index (χ3v) is 5.07. The van der Waals surface area contributed by atoms with E-state index in [4.69, 9.17) is 11.6 Å². The van der Waals surface area contributed by atoms with Crippen LogP contribution in [0.4, 0.5) is 30.6 Å². The number of benzene rings is 1. The topological polar surface area (TPSA) is 82.2 Å². The summed E-state index contributed by atoms with van der Waals surface area (Å²) >= 11 is 6.13. The summed E-state index contributed by atoms with van der Waals surface area (Å²) in [5, 5.41) is 9.17. The van der Waals surface area contributed by atoms with Crippen molar-refractivity contribution in [1.29, 1.82) is 0 Å². The second-order valence-corrected chi connectivity index (χ2v) is 7.71. The number of hydrogen-bond donors (Lipinski definition) is 3. The van der Waals surface area contributed by atoms with Crippen molar-refractivity contribution in [2.75, 3.05) is 43.4 Å². The van der Waals surface area contributed by atoms with E-state index >= 15 is 0 Å². The van der Waals surface area contributed by atoms with Gasteiger partial charge >= 0.3 is 6.18 Å². The maximum atomic E-state index is 12.7. The lowest BCUT2D eigenvalue weighted by Gasteiger charge is -2.20. The quantitative estimate of drug-likeness (QED) is 0.554. The molecule has 11 heteroatoms. The summed E-state index contributed by atoms with van der Waals surface area (Å²) in [5.41, 5.74) is 2.81. The van der Waals surface area contributed by atoms with E-state index in [1.165, 1.54) is 18.0 Å². The number of amides is 1. The van der Waals surface area contributed by atoms with Gasteiger partial charge in [-0.3, -0.25) is 9.69 Å². The average Bonchev–Trinajstić information content (AvgIpc) is 2.88. The van der Waals surface area contributed by atoms with Crippen LogP contribution >= 0.6 is 11.6 Å². The number of nitrogens with zero attached hydrogens (tertiary/aromatic N) is 3. The highest BCUT2D eigenvalue weighted by molar-refractivity contribution is 6.32. The number of rotatable bonds is 7. The van der Waals surface area contributed by atoms with Crippen LogP contribution in [0.1, 0.15) is 18.1 Å². The van der Waals surface area contributed by atoms with Gasteiger partial charge in [0.25, 0.3) is 0 Å². The van der Waals surface area contributed by atoms with Crippen molar-refractivity contribution in [1.82, 2.24) is 20.2 Å². The van der Waals surface area contributed by atoms with Gasteiger partial charge in [0, 0.05) is 38.8 Å². The number of carbonyl (C=O) groups is 1. The van der Waals surface area contributed by atoms with E-state index in [9.17, 15) is 18.0 Å². The molecule has 2 heterocycles. The lowest BCUT2D eigenvalue weighted by molar-refractivity contribution is -0.145. The smallest absolute Gasteiger partial charge is 0.367 e. The van der Waals surface area contributed by atoms with E-state index in [-0.39, 0.29) is 5.91 Å². The van der Waals surface area contributed by atoms with Crippen LogP contribution in [-0.4, -0.2) is 59.7 Å². The molecule has 0 bridgehead atoms. The first-order valence-corrected chi connectivity index (χ1v) is 10.3. The van der Waals surface area contributed by atoms with Gasteiger partial charge in [-0.15, -0.1) is 0 Å². The standard InChI is InChI=1S/C20H24ClF3N6O/c1-13(31)25-6-7-26-18-17(21)11-27-19(29-18)28-16-3-2-14-4-8-30(12-20(22,23)24)9-5-15(14)10-16/h2-3,10-11H,4-9,12H2,1H3,(H,25,31)(H2,26,27,28,29). The fourth-order valence-electron chi connectivity index (χ4n) is 3.36. The monoisotopic (exact) mass is 456 g/mol. The molecule has 3 rings (SSSR count). The summed E-state index contributed by atoms with van der Waals surface area (Å²) < 4.78 is 38.1. The molecule has 1 aliphatic rings. The molecule has 1 amide bonds. The molecule has 7 nitrogen and oxygen atoms in total. The Bertz CT molecular complexity index is 924. The third kappa shape index (κ3) is 7.25. The van der Waals surface area contributed by atoms with Crippen molar-refractivity contribution >= 4 is 35.0 Å². The first kappa shape index (κ1) is 23.1. The molecular formula is C20H24ClF3N6O. The van der Waals surface area contributed by atoms with Crippen LogP contribution in [-0.2, 0) is 17.6 Å². The Kier molecular flexibility index (Phi) is 7.55. The molecule has 1 aromatic carbocycles. The zero-order chi connectivity index (χ0) is 22.4. The van der Waals surface area contributed by atoms with Crippen LogP contribution < -0.4 is 16.0 Å². The largest absolute Gasteiger partial charge is 0.401 e. The lowest BCUT2D eigenvalue weighted by Crippen LogP contribution is -2.35. The van der Waals surface area contributed by atoms with Crippen molar-refractivity contribution < 1.29 is 18.0 Å². The van der Waals surface area contributed by atoms with Gasteiger partial charge in [0.2, 0.25) is 11.9 Å². The van der Waals surface area contributed by atoms with Crippen LogP contribution in [0.25, 0.3) is 0 Å². The molecule has 2 aromatic rings. The molecule has 0 spiro atoms. The number of nitrogens with one attached hydrogen (secondary N) is 3. The predicted octanol–water partition coefficient (Wildman–Crippen LogP) is 3.38. The van der Waals surface area contributed by atoms with Gasteiger partial charge in [-0.1, -0.05) is 17.7 Å². The van der Waals surface area contributed by atoms with E-state index in [1.807, 2.05) is 18.2 Å². The normalized spacial score (nSPS) is 14.5. The van der Waals surface area contributed by atoms with Crippen LogP contribution in [0, 0.1) is 0 Å². The summed E-state index contributed by atoms with van der Waals surface area (Å²) in [7, 11) is 0. The Morgan fingerprint density at radius 1 is 1.19 bits per heavy atom. The molecule has 0 aliphatic carbocycles. The summed E-state index contributed by atoms with van der Waals surface area (Å²) in [6.07, 6.45) is -1.61. The minimum atomic E-state index is -4.19. The van der Waals surface area contributed by atoms with Crippen LogP contribution in [0.2, 0.25) is 5.02 Å². The highest BCUT2D eigenvalue weighted by Crippen LogP contribution is 2.25. The SMILES string of the molecule is CC(=O)NCCNc1nc(Nc2ccc3c(c2)CCN(CC(F)(F)F)CC3)ncc1Cl. The summed E-state index contributed by atoms with van der Waals surface area (Å²) in [6.45, 7) is 2.16. The Morgan fingerprint density at radius 2 is 1.94 bits per heavy atom. The zero-order valence-electron chi connectivity index (χ0n) is 17.0. The van der Waals surface area contributed by atoms with Crippen LogP contribution in [0.5, 0.6) is 0 Å². The molecule has 31 heavy (non-hydrogen) atoms. The Hall–Kier alpha value is -2.59. The lowest BCUT2D eigenvalue weighted by atomic mass is 10.0. The van der Waals surface area contributed by atoms with E-state index in [0.29, 0.717) is 55.8 Å². The number of anilines is 3. The number of fused-ring (bicyclic) bond motifs is 1. The van der Waals surface area contributed by atoms with Gasteiger partial charge in [-0.25, -0.2) is 4.98 Å². The molecular weight excluding hydrogens is 433 g/mol. The minimum absolute atomic E-state index is 0.123. The molecule has 168 valence electrons. The summed E-state index contributed by atoms with van der Waals surface area (Å²) in [5.74, 6) is 0.642. The maximum absolute atomic E-state index is 12.7. The van der Waals surface area contributed by atoms with Crippen molar-refractivity contribution in [2.45, 2.75) is 25.9 Å². The number of carbonyl (C=O) groups excluding carboxylic acids is 1. The number of alkyl halides is 3. The molecule has 0 radical (unpaired) electrons. The average molecular weight is 457 g/mol. The highest BCUT2D eigenvalue weighted by atomic mass is 35.5. The van der Waals surface area contributed by atoms with Gasteiger partial charge in [-0.2, -0.15) is 18.2 Å². The van der Waals surface area contributed by atoms with Crippen molar-refractivity contribution in [2.24, 2.45) is 0 Å². The Balaban J connectivity index is 1.64. The molecule has 1 aromatic heterocycles. The second-order valence-electron chi connectivity index (χ2n) is 7.30. The van der Waals surface area contributed by atoms with Crippen molar-refractivity contribution in [3.05, 3.63) is 40.5 Å². The maximum Gasteiger partial charge on any atom is 0.401 e. The fraction of sp³-hybridized carbons (Fsp3) is 0.450. The first-order chi connectivity index (χ1) is 14.7. The summed E-state index contributed by atoms with van der Waals surface area (Å²) in [6, 6.07) is 5.71. The predicted molar refractivity (Wildman–Crippen MR) is 114 cm³/mol. The van der Waals surface area contributed by atoms with Crippen LogP contribution in [0.15, 0.2) is 24.4 Å². The van der Waals surface area contributed by atoms with Gasteiger partial charge in [-0.05, 0) is 36.1 Å². The van der Waals surface area contributed by atoms with E-state index < -0.39 is 12.7 Å². The number of hydrogen-bond acceptors (Lipinski definition) is 6. The van der Waals surface area contributed by atoms with Gasteiger partial charge in [0.05, 0.1) is 12.7 Å². The van der Waals surface area contributed by atoms with E-state index in [0.717, 1.165) is 16.8 Å². The second kappa shape index (κ2) is 10.1. The third-order valence-electron chi connectivity index (χ3n) is 4.80. The van der Waals surface area contributed by atoms with Gasteiger partial charge in [0.15, 0.2) is 5.82 Å².